The minimum absolute atomic E-state index is 0.744. The minimum atomic E-state index is 0.744. The standard InChI is InChI=1S/C50H38N4/c1-31-15-5-7-17-37(31)43-30-44(52-50(51-43)38-18-8-6-16-32(38)2)49-33(3)27-36(28-34(49)4)54-47-24-14-11-21-41(47)42-29-35(25-26-48(42)54)53-45-22-12-9-19-39(45)40-20-10-13-23-46(40)53/h5-30H,1-4H3. The zero-order valence-electron chi connectivity index (χ0n) is 30.8. The number of hydrogen-bond acceptors (Lipinski definition) is 2. The summed E-state index contributed by atoms with van der Waals surface area (Å²) >= 11 is 0. The van der Waals surface area contributed by atoms with Gasteiger partial charge in [0.1, 0.15) is 0 Å². The van der Waals surface area contributed by atoms with Gasteiger partial charge in [-0.25, -0.2) is 9.97 Å². The van der Waals surface area contributed by atoms with E-state index in [9.17, 15) is 0 Å². The Balaban J connectivity index is 1.15. The Kier molecular flexibility index (Phi) is 7.34. The predicted molar refractivity (Wildman–Crippen MR) is 226 cm³/mol. The van der Waals surface area contributed by atoms with E-state index in [1.54, 1.807) is 0 Å². The smallest absolute Gasteiger partial charge is 0.160 e. The Morgan fingerprint density at radius 2 is 0.815 bits per heavy atom. The van der Waals surface area contributed by atoms with E-state index in [0.29, 0.717) is 0 Å². The maximum atomic E-state index is 5.26. The molecule has 4 nitrogen and oxygen atoms in total. The molecule has 0 saturated carbocycles. The van der Waals surface area contributed by atoms with Gasteiger partial charge in [0.05, 0.1) is 33.5 Å². The molecular weight excluding hydrogens is 657 g/mol. The van der Waals surface area contributed by atoms with Crippen LogP contribution in [0.3, 0.4) is 0 Å². The van der Waals surface area contributed by atoms with Gasteiger partial charge in [-0.15, -0.1) is 0 Å². The van der Waals surface area contributed by atoms with Crippen molar-refractivity contribution in [1.82, 2.24) is 19.1 Å². The highest BCUT2D eigenvalue weighted by atomic mass is 15.0. The molecule has 0 aliphatic heterocycles. The second-order valence-electron chi connectivity index (χ2n) is 14.5. The van der Waals surface area contributed by atoms with Crippen molar-refractivity contribution in [3.05, 3.63) is 180 Å². The van der Waals surface area contributed by atoms with Crippen LogP contribution >= 0.6 is 0 Å². The number of nitrogens with zero attached hydrogens (tertiary/aromatic N) is 4. The van der Waals surface area contributed by atoms with Gasteiger partial charge in [0.15, 0.2) is 5.82 Å². The summed E-state index contributed by atoms with van der Waals surface area (Å²) in [6.45, 7) is 8.70. The van der Waals surface area contributed by atoms with Crippen molar-refractivity contribution in [2.45, 2.75) is 27.7 Å². The maximum Gasteiger partial charge on any atom is 0.160 e. The Hall–Kier alpha value is -6.78. The topological polar surface area (TPSA) is 35.6 Å². The monoisotopic (exact) mass is 694 g/mol. The molecule has 0 aliphatic carbocycles. The van der Waals surface area contributed by atoms with Crippen molar-refractivity contribution >= 4 is 43.6 Å². The van der Waals surface area contributed by atoms with Crippen LogP contribution < -0.4 is 0 Å². The summed E-state index contributed by atoms with van der Waals surface area (Å²) < 4.78 is 4.82. The molecule has 3 aromatic heterocycles. The van der Waals surface area contributed by atoms with E-state index in [2.05, 4.69) is 195 Å². The van der Waals surface area contributed by atoms with Gasteiger partial charge in [0.2, 0.25) is 0 Å². The molecule has 0 bridgehead atoms. The van der Waals surface area contributed by atoms with Crippen LogP contribution in [0.2, 0.25) is 0 Å². The molecule has 0 saturated heterocycles. The van der Waals surface area contributed by atoms with Crippen LogP contribution in [0.15, 0.2) is 158 Å². The number of aromatic nitrogens is 4. The molecule has 0 unspecified atom stereocenters. The molecule has 0 radical (unpaired) electrons. The average Bonchev–Trinajstić information content (AvgIpc) is 3.70. The number of benzene rings is 7. The Morgan fingerprint density at radius 3 is 1.41 bits per heavy atom. The molecule has 0 aliphatic rings. The van der Waals surface area contributed by atoms with E-state index in [4.69, 9.17) is 9.97 Å². The van der Waals surface area contributed by atoms with Crippen LogP contribution in [-0.4, -0.2) is 19.1 Å². The number of fused-ring (bicyclic) bond motifs is 6. The molecule has 10 aromatic rings. The summed E-state index contributed by atoms with van der Waals surface area (Å²) in [7, 11) is 0. The lowest BCUT2D eigenvalue weighted by molar-refractivity contribution is 1.14. The van der Waals surface area contributed by atoms with Gasteiger partial charge >= 0.3 is 0 Å². The third-order valence-electron chi connectivity index (χ3n) is 11.1. The highest BCUT2D eigenvalue weighted by Gasteiger charge is 2.20. The Bertz CT molecular complexity index is 2960. The summed E-state index contributed by atoms with van der Waals surface area (Å²) in [5.74, 6) is 0.744. The molecule has 0 spiro atoms. The first kappa shape index (κ1) is 31.9. The molecule has 4 heteroatoms. The minimum Gasteiger partial charge on any atom is -0.309 e. The first-order chi connectivity index (χ1) is 26.4. The van der Waals surface area contributed by atoms with E-state index in [1.807, 2.05) is 0 Å². The van der Waals surface area contributed by atoms with Crippen LogP contribution in [0, 0.1) is 27.7 Å². The molecule has 7 aromatic carbocycles. The van der Waals surface area contributed by atoms with Crippen molar-refractivity contribution in [2.24, 2.45) is 0 Å². The molecule has 258 valence electrons. The van der Waals surface area contributed by atoms with Crippen molar-refractivity contribution in [3.63, 3.8) is 0 Å². The lowest BCUT2D eigenvalue weighted by Crippen LogP contribution is -2.02. The molecule has 0 fully saturated rings. The summed E-state index contributed by atoms with van der Waals surface area (Å²) in [6.07, 6.45) is 0. The van der Waals surface area contributed by atoms with Crippen LogP contribution in [0.5, 0.6) is 0 Å². The fraction of sp³-hybridized carbons (Fsp3) is 0.0800. The summed E-state index contributed by atoms with van der Waals surface area (Å²) in [6, 6.07) is 56.7. The lowest BCUT2D eigenvalue weighted by atomic mass is 9.96. The average molecular weight is 695 g/mol. The number of aryl methyl sites for hydroxylation is 4. The first-order valence-electron chi connectivity index (χ1n) is 18.6. The summed E-state index contributed by atoms with van der Waals surface area (Å²) in [5, 5.41) is 4.99. The van der Waals surface area contributed by atoms with Gasteiger partial charge in [0.25, 0.3) is 0 Å². The van der Waals surface area contributed by atoms with Crippen LogP contribution in [0.25, 0.3) is 88.9 Å². The highest BCUT2D eigenvalue weighted by molar-refractivity contribution is 6.12. The van der Waals surface area contributed by atoms with Crippen molar-refractivity contribution in [3.8, 4) is 45.3 Å². The summed E-state index contributed by atoms with van der Waals surface area (Å²) in [5.41, 5.74) is 16.9. The molecule has 0 atom stereocenters. The highest BCUT2D eigenvalue weighted by Crippen LogP contribution is 2.39. The number of hydrogen-bond donors (Lipinski definition) is 0. The van der Waals surface area contributed by atoms with Crippen molar-refractivity contribution < 1.29 is 0 Å². The second-order valence-corrected chi connectivity index (χ2v) is 14.5. The van der Waals surface area contributed by atoms with E-state index in [1.165, 1.54) is 60.3 Å². The van der Waals surface area contributed by atoms with Crippen LogP contribution in [0.4, 0.5) is 0 Å². The Labute approximate surface area is 314 Å². The maximum absolute atomic E-state index is 5.26. The normalized spacial score (nSPS) is 11.7. The predicted octanol–water partition coefficient (Wildman–Crippen LogP) is 12.9. The second kappa shape index (κ2) is 12.4. The van der Waals surface area contributed by atoms with Crippen LogP contribution in [0.1, 0.15) is 22.3 Å². The molecule has 54 heavy (non-hydrogen) atoms. The largest absolute Gasteiger partial charge is 0.309 e. The third kappa shape index (κ3) is 4.98. The van der Waals surface area contributed by atoms with Crippen molar-refractivity contribution in [1.29, 1.82) is 0 Å². The molecular formula is C50H38N4. The van der Waals surface area contributed by atoms with Crippen molar-refractivity contribution in [2.75, 3.05) is 0 Å². The van der Waals surface area contributed by atoms with Gasteiger partial charge < -0.3 is 9.13 Å². The van der Waals surface area contributed by atoms with E-state index in [0.717, 1.165) is 50.8 Å². The zero-order chi connectivity index (χ0) is 36.5. The van der Waals surface area contributed by atoms with E-state index < -0.39 is 0 Å². The van der Waals surface area contributed by atoms with E-state index >= 15 is 0 Å². The third-order valence-corrected chi connectivity index (χ3v) is 11.1. The molecule has 0 N–H and O–H groups in total. The van der Waals surface area contributed by atoms with Crippen LogP contribution in [-0.2, 0) is 0 Å². The van der Waals surface area contributed by atoms with E-state index in [-0.39, 0.29) is 0 Å². The number of para-hydroxylation sites is 3. The SMILES string of the molecule is Cc1ccccc1-c1cc(-c2c(C)cc(-n3c4ccccc4c4cc(-n5c6ccccc6c6ccccc65)ccc43)cc2C)nc(-c2ccccc2C)n1. The summed E-state index contributed by atoms with van der Waals surface area (Å²) in [4.78, 5) is 10.4. The fourth-order valence-corrected chi connectivity index (χ4v) is 8.57. The number of rotatable bonds is 5. The fourth-order valence-electron chi connectivity index (χ4n) is 8.57. The van der Waals surface area contributed by atoms with Gasteiger partial charge in [-0.3, -0.25) is 0 Å². The molecule has 3 heterocycles. The van der Waals surface area contributed by atoms with Gasteiger partial charge in [0, 0.05) is 49.6 Å². The quantitative estimate of drug-likeness (QED) is 0.180. The Morgan fingerprint density at radius 1 is 0.352 bits per heavy atom. The first-order valence-corrected chi connectivity index (χ1v) is 18.6. The van der Waals surface area contributed by atoms with Gasteiger partial charge in [-0.2, -0.15) is 0 Å². The van der Waals surface area contributed by atoms with Gasteiger partial charge in [-0.1, -0.05) is 103 Å². The molecule has 10 rings (SSSR count). The lowest BCUT2D eigenvalue weighted by Gasteiger charge is -2.17. The zero-order valence-corrected chi connectivity index (χ0v) is 30.8. The molecule has 0 amide bonds. The van der Waals surface area contributed by atoms with Gasteiger partial charge in [-0.05, 0) is 105 Å².